The Morgan fingerprint density at radius 1 is 1.07 bits per heavy atom. The van der Waals surface area contributed by atoms with E-state index < -0.39 is 0 Å². The largest absolute Gasteiger partial charge is 0.325 e. The summed E-state index contributed by atoms with van der Waals surface area (Å²) in [6.45, 7) is 9.13. The lowest BCUT2D eigenvalue weighted by atomic mass is 10.0. The van der Waals surface area contributed by atoms with Crippen LogP contribution < -0.4 is 10.9 Å². The maximum absolute atomic E-state index is 13.0. The van der Waals surface area contributed by atoms with Gasteiger partial charge < -0.3 is 5.32 Å². The fraction of sp³-hybridized carbons (Fsp3) is 0.375. The topological polar surface area (TPSA) is 64.0 Å². The summed E-state index contributed by atoms with van der Waals surface area (Å²) in [5.41, 5.74) is 2.62. The molecule has 158 valence electrons. The molecule has 0 saturated heterocycles. The summed E-state index contributed by atoms with van der Waals surface area (Å²) in [6.07, 6.45) is 0.877. The Kier molecular flexibility index (Phi) is 7.32. The van der Waals surface area contributed by atoms with Crippen LogP contribution in [0.25, 0.3) is 10.9 Å². The van der Waals surface area contributed by atoms with Crippen LogP contribution >= 0.6 is 11.8 Å². The standard InChI is InChI=1S/C24H29N3O2S/c1-16(2)13-14-27-23(29)20-7-5-6-8-21(20)26-24(27)30-15-22(28)25-19-11-9-18(10-12-19)17(3)4/h5-12,16-17H,13-15H2,1-4H3,(H,25,28). The average Bonchev–Trinajstić information content (AvgIpc) is 2.72. The molecule has 1 aromatic heterocycles. The van der Waals surface area contributed by atoms with Crippen LogP contribution in [0, 0.1) is 5.92 Å². The monoisotopic (exact) mass is 423 g/mol. The van der Waals surface area contributed by atoms with E-state index in [1.54, 1.807) is 10.6 Å². The highest BCUT2D eigenvalue weighted by atomic mass is 32.2. The highest BCUT2D eigenvalue weighted by Crippen LogP contribution is 2.20. The van der Waals surface area contributed by atoms with E-state index in [0.717, 1.165) is 12.1 Å². The number of anilines is 1. The number of rotatable bonds is 8. The second-order valence-electron chi connectivity index (χ2n) is 8.16. The van der Waals surface area contributed by atoms with E-state index in [2.05, 4.69) is 38.0 Å². The summed E-state index contributed by atoms with van der Waals surface area (Å²) in [4.78, 5) is 30.1. The SMILES string of the molecule is CC(C)CCn1c(SCC(=O)Nc2ccc(C(C)C)cc2)nc2ccccc2c1=O. The van der Waals surface area contributed by atoms with Gasteiger partial charge >= 0.3 is 0 Å². The summed E-state index contributed by atoms with van der Waals surface area (Å²) >= 11 is 1.30. The molecule has 5 nitrogen and oxygen atoms in total. The normalized spacial score (nSPS) is 11.4. The molecule has 0 unspecified atom stereocenters. The number of amides is 1. The Labute approximate surface area is 181 Å². The highest BCUT2D eigenvalue weighted by molar-refractivity contribution is 7.99. The van der Waals surface area contributed by atoms with Crippen LogP contribution in [0.2, 0.25) is 0 Å². The van der Waals surface area contributed by atoms with Gasteiger partial charge in [0.2, 0.25) is 5.91 Å². The van der Waals surface area contributed by atoms with Gasteiger partial charge in [-0.15, -0.1) is 0 Å². The van der Waals surface area contributed by atoms with E-state index in [0.29, 0.717) is 34.4 Å². The van der Waals surface area contributed by atoms with Crippen molar-refractivity contribution in [2.75, 3.05) is 11.1 Å². The van der Waals surface area contributed by atoms with Crippen molar-refractivity contribution in [3.05, 3.63) is 64.4 Å². The molecule has 1 amide bonds. The van der Waals surface area contributed by atoms with E-state index in [4.69, 9.17) is 0 Å². The number of para-hydroxylation sites is 1. The number of hydrogen-bond acceptors (Lipinski definition) is 4. The van der Waals surface area contributed by atoms with Crippen molar-refractivity contribution < 1.29 is 4.79 Å². The van der Waals surface area contributed by atoms with E-state index >= 15 is 0 Å². The lowest BCUT2D eigenvalue weighted by Gasteiger charge is -2.14. The fourth-order valence-corrected chi connectivity index (χ4v) is 3.95. The van der Waals surface area contributed by atoms with Crippen molar-refractivity contribution >= 4 is 34.3 Å². The van der Waals surface area contributed by atoms with Crippen molar-refractivity contribution in [2.45, 2.75) is 51.7 Å². The van der Waals surface area contributed by atoms with Crippen LogP contribution in [0.3, 0.4) is 0 Å². The molecule has 0 aliphatic carbocycles. The molecule has 1 heterocycles. The average molecular weight is 424 g/mol. The zero-order chi connectivity index (χ0) is 21.7. The number of thioether (sulfide) groups is 1. The molecule has 0 radical (unpaired) electrons. The number of fused-ring (bicyclic) bond motifs is 1. The van der Waals surface area contributed by atoms with Crippen LogP contribution in [0.4, 0.5) is 5.69 Å². The Morgan fingerprint density at radius 2 is 1.77 bits per heavy atom. The molecule has 0 bridgehead atoms. The van der Waals surface area contributed by atoms with Gasteiger partial charge in [0, 0.05) is 12.2 Å². The number of aromatic nitrogens is 2. The molecule has 0 saturated carbocycles. The van der Waals surface area contributed by atoms with E-state index in [-0.39, 0.29) is 17.2 Å². The van der Waals surface area contributed by atoms with Crippen molar-refractivity contribution in [1.29, 1.82) is 0 Å². The van der Waals surface area contributed by atoms with Crippen LogP contribution in [0.5, 0.6) is 0 Å². The molecule has 30 heavy (non-hydrogen) atoms. The van der Waals surface area contributed by atoms with Gasteiger partial charge in [-0.25, -0.2) is 4.98 Å². The van der Waals surface area contributed by atoms with Gasteiger partial charge in [-0.1, -0.05) is 63.7 Å². The quantitative estimate of drug-likeness (QED) is 0.395. The van der Waals surface area contributed by atoms with E-state index in [1.807, 2.05) is 42.5 Å². The smallest absolute Gasteiger partial charge is 0.262 e. The first-order valence-electron chi connectivity index (χ1n) is 10.4. The summed E-state index contributed by atoms with van der Waals surface area (Å²) in [7, 11) is 0. The van der Waals surface area contributed by atoms with Gasteiger partial charge in [-0.05, 0) is 48.1 Å². The molecule has 0 fully saturated rings. The van der Waals surface area contributed by atoms with E-state index in [9.17, 15) is 9.59 Å². The molecule has 0 spiro atoms. The summed E-state index contributed by atoms with van der Waals surface area (Å²) in [6, 6.07) is 15.3. The second-order valence-corrected chi connectivity index (χ2v) is 9.11. The molecule has 3 aromatic rings. The maximum Gasteiger partial charge on any atom is 0.262 e. The molecule has 1 N–H and O–H groups in total. The van der Waals surface area contributed by atoms with Gasteiger partial charge in [0.05, 0.1) is 16.7 Å². The third-order valence-electron chi connectivity index (χ3n) is 4.95. The Balaban J connectivity index is 1.76. The maximum atomic E-state index is 13.0. The highest BCUT2D eigenvalue weighted by Gasteiger charge is 2.14. The predicted molar refractivity (Wildman–Crippen MR) is 125 cm³/mol. The van der Waals surface area contributed by atoms with Gasteiger partial charge in [0.25, 0.3) is 5.56 Å². The number of nitrogens with zero attached hydrogens (tertiary/aromatic N) is 2. The summed E-state index contributed by atoms with van der Waals surface area (Å²) in [5.74, 6) is 0.999. The molecular formula is C24H29N3O2S. The summed E-state index contributed by atoms with van der Waals surface area (Å²) in [5, 5.41) is 4.12. The van der Waals surface area contributed by atoms with Crippen LogP contribution in [0.1, 0.15) is 45.6 Å². The van der Waals surface area contributed by atoms with Gasteiger partial charge in [-0.3, -0.25) is 14.2 Å². The van der Waals surface area contributed by atoms with Crippen molar-refractivity contribution in [3.8, 4) is 0 Å². The first kappa shape index (κ1) is 22.1. The van der Waals surface area contributed by atoms with Crippen molar-refractivity contribution in [1.82, 2.24) is 9.55 Å². The molecular weight excluding hydrogens is 394 g/mol. The fourth-order valence-electron chi connectivity index (χ4n) is 3.12. The number of carbonyl (C=O) groups excluding carboxylic acids is 1. The van der Waals surface area contributed by atoms with Gasteiger partial charge in [-0.2, -0.15) is 0 Å². The van der Waals surface area contributed by atoms with Crippen molar-refractivity contribution in [3.63, 3.8) is 0 Å². The Morgan fingerprint density at radius 3 is 2.43 bits per heavy atom. The molecule has 0 atom stereocenters. The lowest BCUT2D eigenvalue weighted by molar-refractivity contribution is -0.113. The Hall–Kier alpha value is -2.60. The van der Waals surface area contributed by atoms with E-state index in [1.165, 1.54) is 17.3 Å². The third-order valence-corrected chi connectivity index (χ3v) is 5.93. The molecule has 2 aromatic carbocycles. The predicted octanol–water partition coefficient (Wildman–Crippen LogP) is 5.30. The van der Waals surface area contributed by atoms with Crippen molar-refractivity contribution in [2.24, 2.45) is 5.92 Å². The first-order chi connectivity index (χ1) is 14.3. The zero-order valence-electron chi connectivity index (χ0n) is 18.0. The molecule has 3 rings (SSSR count). The zero-order valence-corrected chi connectivity index (χ0v) is 18.8. The number of carbonyl (C=O) groups is 1. The number of benzene rings is 2. The minimum atomic E-state index is -0.116. The minimum absolute atomic E-state index is 0.0477. The molecule has 0 aliphatic rings. The van der Waals surface area contributed by atoms with Gasteiger partial charge in [0.15, 0.2) is 5.16 Å². The Bertz CT molecular complexity index is 1070. The second kappa shape index (κ2) is 9.94. The molecule has 6 heteroatoms. The molecule has 0 aliphatic heterocycles. The number of nitrogens with one attached hydrogen (secondary N) is 1. The van der Waals surface area contributed by atoms with Crippen LogP contribution in [0.15, 0.2) is 58.5 Å². The van der Waals surface area contributed by atoms with Gasteiger partial charge in [0.1, 0.15) is 0 Å². The van der Waals surface area contributed by atoms with Crippen LogP contribution in [-0.4, -0.2) is 21.2 Å². The lowest BCUT2D eigenvalue weighted by Crippen LogP contribution is -2.25. The first-order valence-corrected chi connectivity index (χ1v) is 11.4. The number of hydrogen-bond donors (Lipinski definition) is 1. The summed E-state index contributed by atoms with van der Waals surface area (Å²) < 4.78 is 1.71. The minimum Gasteiger partial charge on any atom is -0.325 e. The van der Waals surface area contributed by atoms with Crippen LogP contribution in [-0.2, 0) is 11.3 Å². The third kappa shape index (κ3) is 5.51.